The minimum absolute atomic E-state index is 0.305. The van der Waals surface area contributed by atoms with Crippen molar-refractivity contribution in [2.75, 3.05) is 11.9 Å². The Balaban J connectivity index is 2.12. The van der Waals surface area contributed by atoms with E-state index in [2.05, 4.69) is 24.2 Å². The number of benzene rings is 1. The number of aliphatic imine (C=N–C) groups is 1. The van der Waals surface area contributed by atoms with Gasteiger partial charge in [-0.25, -0.2) is 13.2 Å². The molecule has 98 valence electrons. The Kier molecular flexibility index (Phi) is 3.85. The molecule has 0 bridgehead atoms. The topological polar surface area (TPSA) is 24.4 Å². The molecule has 0 aromatic heterocycles. The molecule has 0 saturated heterocycles. The lowest BCUT2D eigenvalue weighted by molar-refractivity contribution is 0.549. The second-order valence-electron chi connectivity index (χ2n) is 4.42. The van der Waals surface area contributed by atoms with Crippen LogP contribution in [-0.4, -0.2) is 17.0 Å². The first-order chi connectivity index (χ1) is 8.47. The summed E-state index contributed by atoms with van der Waals surface area (Å²) < 4.78 is 39.6. The first-order valence-corrected chi connectivity index (χ1v) is 6.48. The van der Waals surface area contributed by atoms with Crippen LogP contribution in [0.1, 0.15) is 13.8 Å². The summed E-state index contributed by atoms with van der Waals surface area (Å²) in [6.07, 6.45) is 0. The van der Waals surface area contributed by atoms with Crippen molar-refractivity contribution in [3.05, 3.63) is 29.6 Å². The number of nitrogens with zero attached hydrogens (tertiary/aromatic N) is 1. The zero-order valence-electron chi connectivity index (χ0n) is 10.0. The SMILES string of the molecule is CC(C)C1CN=C(Nc2c(F)cc(F)cc2F)S1. The van der Waals surface area contributed by atoms with Crippen molar-refractivity contribution in [3.63, 3.8) is 0 Å². The molecule has 1 N–H and O–H groups in total. The van der Waals surface area contributed by atoms with E-state index in [9.17, 15) is 13.2 Å². The van der Waals surface area contributed by atoms with Crippen LogP contribution in [0.5, 0.6) is 0 Å². The number of amidine groups is 1. The maximum Gasteiger partial charge on any atom is 0.161 e. The monoisotopic (exact) mass is 274 g/mol. The number of halogens is 3. The van der Waals surface area contributed by atoms with E-state index in [0.29, 0.717) is 35.0 Å². The van der Waals surface area contributed by atoms with Gasteiger partial charge in [0.1, 0.15) is 11.5 Å². The van der Waals surface area contributed by atoms with Gasteiger partial charge in [-0.2, -0.15) is 0 Å². The molecule has 2 rings (SSSR count). The van der Waals surface area contributed by atoms with E-state index in [4.69, 9.17) is 0 Å². The number of hydrogen-bond acceptors (Lipinski definition) is 3. The molecule has 1 aliphatic rings. The van der Waals surface area contributed by atoms with E-state index in [-0.39, 0.29) is 5.69 Å². The van der Waals surface area contributed by atoms with Crippen LogP contribution >= 0.6 is 11.8 Å². The Morgan fingerprint density at radius 1 is 1.28 bits per heavy atom. The van der Waals surface area contributed by atoms with Gasteiger partial charge in [-0.1, -0.05) is 25.6 Å². The second-order valence-corrected chi connectivity index (χ2v) is 5.64. The summed E-state index contributed by atoms with van der Waals surface area (Å²) in [6, 6.07) is 1.29. The van der Waals surface area contributed by atoms with E-state index in [1.807, 2.05) is 0 Å². The van der Waals surface area contributed by atoms with Gasteiger partial charge in [-0.15, -0.1) is 0 Å². The zero-order chi connectivity index (χ0) is 13.3. The number of nitrogens with one attached hydrogen (secondary N) is 1. The molecule has 0 amide bonds. The standard InChI is InChI=1S/C12H13F3N2S/c1-6(2)10-5-16-12(18-10)17-11-8(14)3-7(13)4-9(11)15/h3-4,6,10H,5H2,1-2H3,(H,16,17). The van der Waals surface area contributed by atoms with Gasteiger partial charge in [0.05, 0.1) is 6.54 Å². The van der Waals surface area contributed by atoms with Crippen LogP contribution in [0.25, 0.3) is 0 Å². The summed E-state index contributed by atoms with van der Waals surface area (Å²) in [6.45, 7) is 4.75. The number of anilines is 1. The minimum atomic E-state index is -0.955. The molecule has 0 saturated carbocycles. The van der Waals surface area contributed by atoms with Gasteiger partial charge in [-0.3, -0.25) is 4.99 Å². The predicted molar refractivity (Wildman–Crippen MR) is 68.5 cm³/mol. The first-order valence-electron chi connectivity index (χ1n) is 5.60. The highest BCUT2D eigenvalue weighted by Gasteiger charge is 2.24. The molecule has 0 aliphatic carbocycles. The molecule has 1 aliphatic heterocycles. The van der Waals surface area contributed by atoms with Crippen LogP contribution in [0.15, 0.2) is 17.1 Å². The summed E-state index contributed by atoms with van der Waals surface area (Å²) in [4.78, 5) is 4.18. The quantitative estimate of drug-likeness (QED) is 0.890. The van der Waals surface area contributed by atoms with Crippen LogP contribution < -0.4 is 5.32 Å². The van der Waals surface area contributed by atoms with E-state index in [0.717, 1.165) is 0 Å². The fourth-order valence-electron chi connectivity index (χ4n) is 1.58. The Bertz CT molecular complexity index is 465. The maximum absolute atomic E-state index is 13.4. The molecule has 6 heteroatoms. The predicted octanol–water partition coefficient (Wildman–Crippen LogP) is 3.64. The highest BCUT2D eigenvalue weighted by Crippen LogP contribution is 2.29. The average Bonchev–Trinajstić information content (AvgIpc) is 2.71. The van der Waals surface area contributed by atoms with Gasteiger partial charge in [0, 0.05) is 17.4 Å². The van der Waals surface area contributed by atoms with Crippen LogP contribution in [0, 0.1) is 23.4 Å². The lowest BCUT2D eigenvalue weighted by atomic mass is 10.1. The molecule has 18 heavy (non-hydrogen) atoms. The lowest BCUT2D eigenvalue weighted by Crippen LogP contribution is -2.14. The molecule has 2 nitrogen and oxygen atoms in total. The van der Waals surface area contributed by atoms with E-state index < -0.39 is 17.5 Å². The van der Waals surface area contributed by atoms with Crippen molar-refractivity contribution < 1.29 is 13.2 Å². The van der Waals surface area contributed by atoms with Gasteiger partial charge in [0.15, 0.2) is 16.8 Å². The molecule has 1 heterocycles. The molecule has 1 atom stereocenters. The third kappa shape index (κ3) is 2.80. The third-order valence-electron chi connectivity index (χ3n) is 2.66. The minimum Gasteiger partial charge on any atom is -0.330 e. The Hall–Kier alpha value is -1.17. The van der Waals surface area contributed by atoms with E-state index in [1.165, 1.54) is 11.8 Å². The van der Waals surface area contributed by atoms with E-state index in [1.54, 1.807) is 0 Å². The van der Waals surface area contributed by atoms with Crippen LogP contribution in [-0.2, 0) is 0 Å². The van der Waals surface area contributed by atoms with Crippen molar-refractivity contribution in [1.82, 2.24) is 0 Å². The number of rotatable bonds is 2. The first kappa shape index (κ1) is 13.3. The largest absolute Gasteiger partial charge is 0.330 e. The van der Waals surface area contributed by atoms with Gasteiger partial charge in [-0.05, 0) is 5.92 Å². The fraction of sp³-hybridized carbons (Fsp3) is 0.417. The van der Waals surface area contributed by atoms with Crippen LogP contribution in [0.4, 0.5) is 18.9 Å². The number of hydrogen-bond donors (Lipinski definition) is 1. The lowest BCUT2D eigenvalue weighted by Gasteiger charge is -2.12. The Morgan fingerprint density at radius 2 is 1.89 bits per heavy atom. The normalized spacial score (nSPS) is 19.2. The van der Waals surface area contributed by atoms with Crippen molar-refractivity contribution in [1.29, 1.82) is 0 Å². The van der Waals surface area contributed by atoms with Crippen molar-refractivity contribution in [2.24, 2.45) is 10.9 Å². The molecular weight excluding hydrogens is 261 g/mol. The van der Waals surface area contributed by atoms with Gasteiger partial charge in [0.25, 0.3) is 0 Å². The Labute approximate surface area is 108 Å². The van der Waals surface area contributed by atoms with Gasteiger partial charge < -0.3 is 5.32 Å². The number of thioether (sulfide) groups is 1. The van der Waals surface area contributed by atoms with Crippen molar-refractivity contribution in [3.8, 4) is 0 Å². The maximum atomic E-state index is 13.4. The molecule has 0 fully saturated rings. The highest BCUT2D eigenvalue weighted by atomic mass is 32.2. The fourth-order valence-corrected chi connectivity index (χ4v) is 2.59. The molecular formula is C12H13F3N2S. The van der Waals surface area contributed by atoms with Gasteiger partial charge >= 0.3 is 0 Å². The molecule has 1 aromatic carbocycles. The molecule has 1 aromatic rings. The molecule has 1 unspecified atom stereocenters. The Morgan fingerprint density at radius 3 is 2.39 bits per heavy atom. The van der Waals surface area contributed by atoms with Crippen molar-refractivity contribution >= 4 is 22.6 Å². The average molecular weight is 274 g/mol. The summed E-state index contributed by atoms with van der Waals surface area (Å²) >= 11 is 1.45. The zero-order valence-corrected chi connectivity index (χ0v) is 10.8. The summed E-state index contributed by atoms with van der Waals surface area (Å²) in [5, 5.41) is 3.36. The summed E-state index contributed by atoms with van der Waals surface area (Å²) in [5.74, 6) is -2.41. The smallest absolute Gasteiger partial charge is 0.161 e. The summed E-state index contributed by atoms with van der Waals surface area (Å²) in [5.41, 5.74) is -0.355. The summed E-state index contributed by atoms with van der Waals surface area (Å²) in [7, 11) is 0. The third-order valence-corrected chi connectivity index (χ3v) is 4.11. The molecule has 0 spiro atoms. The van der Waals surface area contributed by atoms with E-state index >= 15 is 0 Å². The van der Waals surface area contributed by atoms with Crippen molar-refractivity contribution in [2.45, 2.75) is 19.1 Å². The van der Waals surface area contributed by atoms with Gasteiger partial charge in [0.2, 0.25) is 0 Å². The second kappa shape index (κ2) is 5.22. The van der Waals surface area contributed by atoms with Crippen LogP contribution in [0.2, 0.25) is 0 Å². The highest BCUT2D eigenvalue weighted by molar-refractivity contribution is 8.15. The molecule has 0 radical (unpaired) electrons. The van der Waals surface area contributed by atoms with Crippen LogP contribution in [0.3, 0.4) is 0 Å².